The Kier molecular flexibility index (Phi) is 5.61. The SMILES string of the molecule is O=Nc1c(Cl)c2c(c(Cl)c1N=O)CN(C(=O)c1cccc(-c3ccccc3)c1)CC2. The van der Waals surface area contributed by atoms with Crippen molar-refractivity contribution in [3.8, 4) is 11.1 Å². The van der Waals surface area contributed by atoms with E-state index in [1.165, 1.54) is 0 Å². The Bertz CT molecular complexity index is 1170. The molecule has 0 unspecified atom stereocenters. The number of fused-ring (bicyclic) bond motifs is 1. The van der Waals surface area contributed by atoms with Crippen LogP contribution >= 0.6 is 23.2 Å². The third-order valence-corrected chi connectivity index (χ3v) is 6.02. The highest BCUT2D eigenvalue weighted by Gasteiger charge is 2.30. The van der Waals surface area contributed by atoms with Gasteiger partial charge in [-0.15, -0.1) is 9.81 Å². The fraction of sp³-hybridized carbons (Fsp3) is 0.136. The van der Waals surface area contributed by atoms with Crippen LogP contribution in [0.15, 0.2) is 65.0 Å². The molecule has 1 aliphatic rings. The zero-order valence-corrected chi connectivity index (χ0v) is 17.2. The number of benzene rings is 3. The van der Waals surface area contributed by atoms with Crippen molar-refractivity contribution in [2.24, 2.45) is 10.4 Å². The molecule has 0 aliphatic carbocycles. The van der Waals surface area contributed by atoms with E-state index in [-0.39, 0.29) is 33.9 Å². The van der Waals surface area contributed by atoms with E-state index in [0.717, 1.165) is 11.1 Å². The molecule has 0 N–H and O–H groups in total. The van der Waals surface area contributed by atoms with Crippen LogP contribution in [-0.2, 0) is 13.0 Å². The molecule has 0 atom stereocenters. The number of carbonyl (C=O) groups is 1. The van der Waals surface area contributed by atoms with Gasteiger partial charge in [0.2, 0.25) is 0 Å². The number of carbonyl (C=O) groups excluding carboxylic acids is 1. The van der Waals surface area contributed by atoms with Crippen molar-refractivity contribution >= 4 is 40.5 Å². The summed E-state index contributed by atoms with van der Waals surface area (Å²) in [5, 5.41) is 5.70. The Morgan fingerprint density at radius 2 is 1.47 bits per heavy atom. The summed E-state index contributed by atoms with van der Waals surface area (Å²) < 4.78 is 0. The van der Waals surface area contributed by atoms with E-state index in [4.69, 9.17) is 23.2 Å². The van der Waals surface area contributed by atoms with Crippen LogP contribution in [-0.4, -0.2) is 17.4 Å². The molecule has 0 saturated heterocycles. The van der Waals surface area contributed by atoms with Gasteiger partial charge in [-0.05, 0) is 51.2 Å². The molecule has 8 heteroatoms. The van der Waals surface area contributed by atoms with Gasteiger partial charge in [0.1, 0.15) is 0 Å². The van der Waals surface area contributed by atoms with Gasteiger partial charge in [-0.25, -0.2) is 0 Å². The number of nitroso groups, excluding NO2 is 2. The first kappa shape index (κ1) is 20.2. The molecule has 0 radical (unpaired) electrons. The van der Waals surface area contributed by atoms with Crippen LogP contribution in [0.2, 0.25) is 10.0 Å². The van der Waals surface area contributed by atoms with Crippen molar-refractivity contribution in [1.82, 2.24) is 4.90 Å². The van der Waals surface area contributed by atoms with Gasteiger partial charge in [-0.2, -0.15) is 0 Å². The minimum Gasteiger partial charge on any atom is -0.334 e. The highest BCUT2D eigenvalue weighted by Crippen LogP contribution is 2.47. The number of nitrogens with zero attached hydrogens (tertiary/aromatic N) is 3. The molecular weight excluding hydrogens is 425 g/mol. The zero-order chi connectivity index (χ0) is 21.3. The zero-order valence-electron chi connectivity index (χ0n) is 15.6. The van der Waals surface area contributed by atoms with E-state index in [9.17, 15) is 14.6 Å². The first-order chi connectivity index (χ1) is 14.5. The van der Waals surface area contributed by atoms with E-state index in [1.807, 2.05) is 48.5 Å². The average molecular weight is 440 g/mol. The van der Waals surface area contributed by atoms with Crippen LogP contribution in [0.1, 0.15) is 21.5 Å². The van der Waals surface area contributed by atoms with Gasteiger partial charge in [0.15, 0.2) is 11.4 Å². The first-order valence-electron chi connectivity index (χ1n) is 9.19. The van der Waals surface area contributed by atoms with E-state index >= 15 is 0 Å². The molecular formula is C22H15Cl2N3O3. The fourth-order valence-electron chi connectivity index (χ4n) is 3.69. The summed E-state index contributed by atoms with van der Waals surface area (Å²) in [6.07, 6.45) is 0.389. The van der Waals surface area contributed by atoms with E-state index in [2.05, 4.69) is 10.4 Å². The van der Waals surface area contributed by atoms with Crippen molar-refractivity contribution < 1.29 is 4.79 Å². The van der Waals surface area contributed by atoms with Crippen LogP contribution in [0.25, 0.3) is 11.1 Å². The highest BCUT2D eigenvalue weighted by molar-refractivity contribution is 6.39. The van der Waals surface area contributed by atoms with E-state index < -0.39 is 0 Å². The van der Waals surface area contributed by atoms with Crippen molar-refractivity contribution in [3.63, 3.8) is 0 Å². The molecule has 0 saturated carbocycles. The lowest BCUT2D eigenvalue weighted by atomic mass is 9.96. The third-order valence-electron chi connectivity index (χ3n) is 5.20. The Morgan fingerprint density at radius 3 is 2.13 bits per heavy atom. The second-order valence-electron chi connectivity index (χ2n) is 6.89. The Labute approximate surface area is 182 Å². The summed E-state index contributed by atoms with van der Waals surface area (Å²) in [5.74, 6) is -0.163. The normalized spacial score (nSPS) is 12.9. The van der Waals surface area contributed by atoms with E-state index in [1.54, 1.807) is 11.0 Å². The standard InChI is InChI=1S/C22H15Cl2N3O3/c23-18-16-9-10-27(12-17(16)19(24)21(26-30)20(18)25-29)22(28)15-8-4-7-14(11-15)13-5-2-1-3-6-13/h1-8,11H,9-10,12H2. The molecule has 1 aliphatic heterocycles. The van der Waals surface area contributed by atoms with Gasteiger partial charge in [-0.3, -0.25) is 4.79 Å². The van der Waals surface area contributed by atoms with Crippen LogP contribution in [0.4, 0.5) is 11.4 Å². The summed E-state index contributed by atoms with van der Waals surface area (Å²) in [6.45, 7) is 0.549. The van der Waals surface area contributed by atoms with Crippen molar-refractivity contribution in [2.75, 3.05) is 6.54 Å². The Hall–Kier alpha value is -3.09. The fourth-order valence-corrected chi connectivity index (χ4v) is 4.32. The number of halogens is 2. The van der Waals surface area contributed by atoms with Crippen LogP contribution < -0.4 is 0 Å². The van der Waals surface area contributed by atoms with Gasteiger partial charge in [-0.1, -0.05) is 65.7 Å². The molecule has 3 aromatic carbocycles. The minimum absolute atomic E-state index is 0.00883. The molecule has 6 nitrogen and oxygen atoms in total. The van der Waals surface area contributed by atoms with Crippen molar-refractivity contribution in [3.05, 3.63) is 91.1 Å². The topological polar surface area (TPSA) is 79.2 Å². The molecule has 0 spiro atoms. The lowest BCUT2D eigenvalue weighted by Crippen LogP contribution is -2.36. The predicted octanol–water partition coefficient (Wildman–Crippen LogP) is 6.65. The van der Waals surface area contributed by atoms with Crippen LogP contribution in [0, 0.1) is 9.81 Å². The number of rotatable bonds is 4. The highest BCUT2D eigenvalue weighted by atomic mass is 35.5. The molecule has 3 aromatic rings. The molecule has 0 bridgehead atoms. The second-order valence-corrected chi connectivity index (χ2v) is 7.64. The second kappa shape index (κ2) is 8.34. The van der Waals surface area contributed by atoms with Gasteiger partial charge in [0.25, 0.3) is 5.91 Å². The molecule has 4 rings (SSSR count). The molecule has 1 amide bonds. The maximum atomic E-state index is 13.2. The van der Waals surface area contributed by atoms with Gasteiger partial charge in [0, 0.05) is 18.7 Å². The maximum Gasteiger partial charge on any atom is 0.254 e. The predicted molar refractivity (Wildman–Crippen MR) is 118 cm³/mol. The summed E-state index contributed by atoms with van der Waals surface area (Å²) >= 11 is 12.6. The lowest BCUT2D eigenvalue weighted by Gasteiger charge is -2.30. The average Bonchev–Trinajstić information content (AvgIpc) is 2.81. The quantitative estimate of drug-likeness (QED) is 0.426. The summed E-state index contributed by atoms with van der Waals surface area (Å²) in [4.78, 5) is 37.1. The largest absolute Gasteiger partial charge is 0.334 e. The van der Waals surface area contributed by atoms with Crippen molar-refractivity contribution in [1.29, 1.82) is 0 Å². The first-order valence-corrected chi connectivity index (χ1v) is 9.95. The molecule has 0 fully saturated rings. The van der Waals surface area contributed by atoms with Crippen LogP contribution in [0.5, 0.6) is 0 Å². The molecule has 30 heavy (non-hydrogen) atoms. The summed E-state index contributed by atoms with van der Waals surface area (Å²) in [5.41, 5.74) is 3.08. The third kappa shape index (κ3) is 3.49. The van der Waals surface area contributed by atoms with E-state index in [0.29, 0.717) is 29.7 Å². The number of hydrogen-bond donors (Lipinski definition) is 0. The maximum absolute atomic E-state index is 13.2. The van der Waals surface area contributed by atoms with Crippen molar-refractivity contribution in [2.45, 2.75) is 13.0 Å². The van der Waals surface area contributed by atoms with Gasteiger partial charge < -0.3 is 4.90 Å². The van der Waals surface area contributed by atoms with Crippen LogP contribution in [0.3, 0.4) is 0 Å². The molecule has 150 valence electrons. The summed E-state index contributed by atoms with van der Waals surface area (Å²) in [7, 11) is 0. The minimum atomic E-state index is -0.296. The smallest absolute Gasteiger partial charge is 0.254 e. The Balaban J connectivity index is 1.67. The lowest BCUT2D eigenvalue weighted by molar-refractivity contribution is 0.0735. The molecule has 0 aromatic heterocycles. The Morgan fingerprint density at radius 1 is 0.833 bits per heavy atom. The number of hydrogen-bond acceptors (Lipinski definition) is 5. The monoisotopic (exact) mass is 439 g/mol. The number of amides is 1. The van der Waals surface area contributed by atoms with Gasteiger partial charge in [0.05, 0.1) is 10.0 Å². The van der Waals surface area contributed by atoms with Gasteiger partial charge >= 0.3 is 0 Å². The molecule has 1 heterocycles. The summed E-state index contributed by atoms with van der Waals surface area (Å²) in [6, 6.07) is 17.2.